The molecule has 0 saturated carbocycles. The molecule has 0 unspecified atom stereocenters. The Bertz CT molecular complexity index is 2920. The molecule has 0 radical (unpaired) electrons. The molecule has 10 rings (SSSR count). The lowest BCUT2D eigenvalue weighted by molar-refractivity contribution is 1.19. The minimum atomic E-state index is 0.874. The van der Waals surface area contributed by atoms with Crippen molar-refractivity contribution in [1.82, 2.24) is 19.4 Å². The van der Waals surface area contributed by atoms with E-state index in [1.54, 1.807) is 0 Å². The molecule has 0 aliphatic heterocycles. The Labute approximate surface area is 325 Å². The average Bonchev–Trinajstić information content (AvgIpc) is 3.67. The van der Waals surface area contributed by atoms with Gasteiger partial charge in [0.1, 0.15) is 5.65 Å². The van der Waals surface area contributed by atoms with Gasteiger partial charge < -0.3 is 4.90 Å². The van der Waals surface area contributed by atoms with Gasteiger partial charge in [-0.1, -0.05) is 146 Å². The van der Waals surface area contributed by atoms with Gasteiger partial charge in [-0.3, -0.25) is 4.40 Å². The maximum absolute atomic E-state index is 5.09. The summed E-state index contributed by atoms with van der Waals surface area (Å²) in [7, 11) is 0. The molecule has 5 heteroatoms. The van der Waals surface area contributed by atoms with E-state index in [-0.39, 0.29) is 0 Å². The summed E-state index contributed by atoms with van der Waals surface area (Å²) < 4.78 is 2.17. The number of hydrogen-bond acceptors (Lipinski definition) is 4. The Morgan fingerprint density at radius 3 is 1.30 bits per heavy atom. The quantitative estimate of drug-likeness (QED) is 0.157. The standard InChI is InChI=1S/C51H35N5/c1-4-14-38(15-5-1)48-49(53-46-21-11-10-20-45(46)52-48)39-25-23-36(24-26-39)37-27-31-43(32-28-37)56(42-18-8-3-9-19-42)44-33-29-40(30-34-44)50-51(41-16-6-2-7-17-41)55-35-13-12-22-47(55)54-50/h1-35H. The number of fused-ring (bicyclic) bond motifs is 2. The van der Waals surface area contributed by atoms with Crippen LogP contribution in [0.15, 0.2) is 212 Å². The Hall–Kier alpha value is -7.63. The number of anilines is 3. The summed E-state index contributed by atoms with van der Waals surface area (Å²) in [5.74, 6) is 0. The van der Waals surface area contributed by atoms with Gasteiger partial charge in [-0.05, 0) is 71.8 Å². The van der Waals surface area contributed by atoms with Gasteiger partial charge >= 0.3 is 0 Å². The predicted octanol–water partition coefficient (Wildman–Crippen LogP) is 13.1. The highest BCUT2D eigenvalue weighted by Crippen LogP contribution is 2.39. The van der Waals surface area contributed by atoms with E-state index < -0.39 is 0 Å². The molecule has 5 nitrogen and oxygen atoms in total. The molecule has 0 amide bonds. The number of aromatic nitrogens is 4. The molecule has 0 bridgehead atoms. The lowest BCUT2D eigenvalue weighted by Gasteiger charge is -2.26. The number of rotatable bonds is 8. The Morgan fingerprint density at radius 2 is 0.714 bits per heavy atom. The molecule has 7 aromatic carbocycles. The minimum Gasteiger partial charge on any atom is -0.311 e. The van der Waals surface area contributed by atoms with Gasteiger partial charge in [0, 0.05) is 45.5 Å². The van der Waals surface area contributed by atoms with Gasteiger partial charge in [0.25, 0.3) is 0 Å². The molecule has 3 heterocycles. The van der Waals surface area contributed by atoms with Crippen LogP contribution in [0.3, 0.4) is 0 Å². The summed E-state index contributed by atoms with van der Waals surface area (Å²) in [5, 5.41) is 0. The van der Waals surface area contributed by atoms with Crippen LogP contribution in [0, 0.1) is 0 Å². The molecule has 10 aromatic rings. The number of nitrogens with zero attached hydrogens (tertiary/aromatic N) is 5. The summed E-state index contributed by atoms with van der Waals surface area (Å²) in [6, 6.07) is 71.7. The van der Waals surface area contributed by atoms with Crippen molar-refractivity contribution in [3.8, 4) is 56.2 Å². The smallest absolute Gasteiger partial charge is 0.137 e. The zero-order valence-electron chi connectivity index (χ0n) is 30.4. The van der Waals surface area contributed by atoms with Gasteiger partial charge in [0.2, 0.25) is 0 Å². The lowest BCUT2D eigenvalue weighted by Crippen LogP contribution is -2.09. The SMILES string of the molecule is c1ccc(-c2nc3ccccc3nc2-c2ccc(-c3ccc(N(c4ccccc4)c4ccc(-c5nc6ccccn6c5-c5ccccc5)cc4)cc3)cc2)cc1. The topological polar surface area (TPSA) is 46.3 Å². The zero-order valence-corrected chi connectivity index (χ0v) is 30.4. The van der Waals surface area contributed by atoms with Crippen molar-refractivity contribution in [2.45, 2.75) is 0 Å². The van der Waals surface area contributed by atoms with Crippen LogP contribution in [0.1, 0.15) is 0 Å². The number of pyridine rings is 1. The van der Waals surface area contributed by atoms with Crippen LogP contribution in [0.25, 0.3) is 72.8 Å². The Balaban J connectivity index is 0.974. The van der Waals surface area contributed by atoms with Crippen molar-refractivity contribution in [3.05, 3.63) is 212 Å². The van der Waals surface area contributed by atoms with E-state index in [4.69, 9.17) is 15.0 Å². The summed E-state index contributed by atoms with van der Waals surface area (Å²) >= 11 is 0. The monoisotopic (exact) mass is 717 g/mol. The van der Waals surface area contributed by atoms with Crippen LogP contribution in [-0.2, 0) is 0 Å². The highest BCUT2D eigenvalue weighted by molar-refractivity contribution is 5.88. The van der Waals surface area contributed by atoms with Crippen molar-refractivity contribution in [2.75, 3.05) is 4.90 Å². The Morgan fingerprint density at radius 1 is 0.304 bits per heavy atom. The highest BCUT2D eigenvalue weighted by Gasteiger charge is 2.18. The van der Waals surface area contributed by atoms with Gasteiger partial charge in [-0.2, -0.15) is 0 Å². The number of benzene rings is 7. The lowest BCUT2D eigenvalue weighted by atomic mass is 9.99. The first-order chi connectivity index (χ1) is 27.8. The predicted molar refractivity (Wildman–Crippen MR) is 230 cm³/mol. The van der Waals surface area contributed by atoms with Crippen molar-refractivity contribution in [3.63, 3.8) is 0 Å². The van der Waals surface area contributed by atoms with Gasteiger partial charge in [0.15, 0.2) is 0 Å². The molecule has 0 spiro atoms. The zero-order chi connectivity index (χ0) is 37.3. The molecule has 0 atom stereocenters. The molecular weight excluding hydrogens is 683 g/mol. The maximum Gasteiger partial charge on any atom is 0.137 e. The first-order valence-electron chi connectivity index (χ1n) is 18.8. The first kappa shape index (κ1) is 33.0. The fourth-order valence-electron chi connectivity index (χ4n) is 7.48. The maximum atomic E-state index is 5.09. The summed E-state index contributed by atoms with van der Waals surface area (Å²) in [4.78, 5) is 17.5. The average molecular weight is 718 g/mol. The molecule has 0 aliphatic rings. The second-order valence-electron chi connectivity index (χ2n) is 13.7. The van der Waals surface area contributed by atoms with Crippen LogP contribution < -0.4 is 4.90 Å². The second-order valence-corrected chi connectivity index (χ2v) is 13.7. The third-order valence-corrected chi connectivity index (χ3v) is 10.2. The highest BCUT2D eigenvalue weighted by atomic mass is 15.1. The van der Waals surface area contributed by atoms with E-state index in [0.717, 1.165) is 89.9 Å². The fraction of sp³-hybridized carbons (Fsp3) is 0. The van der Waals surface area contributed by atoms with Crippen molar-refractivity contribution in [1.29, 1.82) is 0 Å². The third kappa shape index (κ3) is 6.17. The third-order valence-electron chi connectivity index (χ3n) is 10.2. The van der Waals surface area contributed by atoms with Crippen LogP contribution in [-0.4, -0.2) is 19.4 Å². The van der Waals surface area contributed by atoms with E-state index in [1.165, 1.54) is 0 Å². The molecule has 0 aliphatic carbocycles. The van der Waals surface area contributed by atoms with E-state index in [9.17, 15) is 0 Å². The van der Waals surface area contributed by atoms with Crippen LogP contribution in [0.2, 0.25) is 0 Å². The number of para-hydroxylation sites is 3. The fourth-order valence-corrected chi connectivity index (χ4v) is 7.48. The van der Waals surface area contributed by atoms with Crippen LogP contribution in [0.5, 0.6) is 0 Å². The van der Waals surface area contributed by atoms with E-state index >= 15 is 0 Å². The van der Waals surface area contributed by atoms with Crippen LogP contribution >= 0.6 is 0 Å². The molecule has 3 aromatic heterocycles. The molecular formula is C51H35N5. The molecule has 264 valence electrons. The summed E-state index contributed by atoms with van der Waals surface area (Å²) in [6.07, 6.45) is 2.08. The number of hydrogen-bond donors (Lipinski definition) is 0. The summed E-state index contributed by atoms with van der Waals surface area (Å²) in [6.45, 7) is 0. The van der Waals surface area contributed by atoms with Gasteiger partial charge in [-0.25, -0.2) is 15.0 Å². The summed E-state index contributed by atoms with van der Waals surface area (Å²) in [5.41, 5.74) is 16.2. The van der Waals surface area contributed by atoms with Crippen LogP contribution in [0.4, 0.5) is 17.1 Å². The van der Waals surface area contributed by atoms with E-state index in [2.05, 4.69) is 167 Å². The van der Waals surface area contributed by atoms with Crippen molar-refractivity contribution in [2.24, 2.45) is 0 Å². The number of imidazole rings is 1. The molecule has 0 fully saturated rings. The second kappa shape index (κ2) is 14.3. The molecule has 0 N–H and O–H groups in total. The first-order valence-corrected chi connectivity index (χ1v) is 18.8. The largest absolute Gasteiger partial charge is 0.311 e. The van der Waals surface area contributed by atoms with Crippen molar-refractivity contribution < 1.29 is 0 Å². The van der Waals surface area contributed by atoms with E-state index in [1.807, 2.05) is 54.6 Å². The van der Waals surface area contributed by atoms with Crippen molar-refractivity contribution >= 4 is 33.7 Å². The Kier molecular flexibility index (Phi) is 8.43. The normalized spacial score (nSPS) is 11.2. The minimum absolute atomic E-state index is 0.874. The molecule has 56 heavy (non-hydrogen) atoms. The van der Waals surface area contributed by atoms with Gasteiger partial charge in [-0.15, -0.1) is 0 Å². The molecule has 0 saturated heterocycles. The van der Waals surface area contributed by atoms with E-state index in [0.29, 0.717) is 0 Å². The van der Waals surface area contributed by atoms with Gasteiger partial charge in [0.05, 0.1) is 33.8 Å².